The molecule has 0 heterocycles. The fraction of sp³-hybridized carbons (Fsp3) is 0.562. The van der Waals surface area contributed by atoms with E-state index in [1.54, 1.807) is 19.1 Å². The van der Waals surface area contributed by atoms with Gasteiger partial charge in [0.1, 0.15) is 0 Å². The van der Waals surface area contributed by atoms with Gasteiger partial charge in [0.2, 0.25) is 0 Å². The molecular formula is C16H23NO2. The highest BCUT2D eigenvalue weighted by Gasteiger charge is 2.39. The minimum Gasteiger partial charge on any atom is -0.462 e. The largest absolute Gasteiger partial charge is 0.462 e. The molecule has 3 heteroatoms. The predicted octanol–water partition coefficient (Wildman–Crippen LogP) is 3.30. The SMILES string of the molecule is CCOC(=O)c1ccc([C@@H](N)C2CC(C)(C)C2)cc1. The van der Waals surface area contributed by atoms with Crippen LogP contribution in [0.3, 0.4) is 0 Å². The van der Waals surface area contributed by atoms with Gasteiger partial charge in [0.25, 0.3) is 0 Å². The Balaban J connectivity index is 2.00. The second-order valence-electron chi connectivity index (χ2n) is 6.20. The van der Waals surface area contributed by atoms with Crippen LogP contribution in [0, 0.1) is 11.3 Å². The lowest BCUT2D eigenvalue weighted by atomic mass is 9.61. The molecule has 0 saturated heterocycles. The van der Waals surface area contributed by atoms with Gasteiger partial charge in [-0.1, -0.05) is 26.0 Å². The molecule has 1 saturated carbocycles. The van der Waals surface area contributed by atoms with Gasteiger partial charge in [-0.2, -0.15) is 0 Å². The van der Waals surface area contributed by atoms with E-state index in [2.05, 4.69) is 13.8 Å². The number of nitrogens with two attached hydrogens (primary N) is 1. The Hall–Kier alpha value is -1.35. The number of benzene rings is 1. The van der Waals surface area contributed by atoms with Gasteiger partial charge in [0.05, 0.1) is 12.2 Å². The molecule has 0 radical (unpaired) electrons. The number of esters is 1. The maximum atomic E-state index is 11.6. The van der Waals surface area contributed by atoms with Crippen molar-refractivity contribution in [1.29, 1.82) is 0 Å². The molecule has 104 valence electrons. The van der Waals surface area contributed by atoms with Crippen molar-refractivity contribution in [2.24, 2.45) is 17.1 Å². The first kappa shape index (κ1) is 14.1. The third-order valence-corrected chi connectivity index (χ3v) is 3.94. The summed E-state index contributed by atoms with van der Waals surface area (Å²) in [6, 6.07) is 7.57. The zero-order valence-corrected chi connectivity index (χ0v) is 12.0. The van der Waals surface area contributed by atoms with Crippen LogP contribution in [0.5, 0.6) is 0 Å². The second kappa shape index (κ2) is 5.33. The van der Waals surface area contributed by atoms with Gasteiger partial charge in [0.15, 0.2) is 0 Å². The molecule has 1 aliphatic carbocycles. The second-order valence-corrected chi connectivity index (χ2v) is 6.20. The Labute approximate surface area is 115 Å². The third kappa shape index (κ3) is 3.16. The molecule has 2 rings (SSSR count). The summed E-state index contributed by atoms with van der Waals surface area (Å²) in [5.41, 5.74) is 8.42. The summed E-state index contributed by atoms with van der Waals surface area (Å²) < 4.78 is 4.97. The van der Waals surface area contributed by atoms with Crippen LogP contribution in [-0.2, 0) is 4.74 Å². The highest BCUT2D eigenvalue weighted by Crippen LogP contribution is 2.49. The molecular weight excluding hydrogens is 238 g/mol. The normalized spacial score (nSPS) is 19.6. The number of carbonyl (C=O) groups is 1. The Morgan fingerprint density at radius 2 is 1.95 bits per heavy atom. The summed E-state index contributed by atoms with van der Waals surface area (Å²) in [6.07, 6.45) is 2.35. The maximum Gasteiger partial charge on any atom is 0.338 e. The third-order valence-electron chi connectivity index (χ3n) is 3.94. The van der Waals surface area contributed by atoms with Crippen molar-refractivity contribution in [3.8, 4) is 0 Å². The molecule has 3 nitrogen and oxygen atoms in total. The minimum atomic E-state index is -0.271. The lowest BCUT2D eigenvalue weighted by Crippen LogP contribution is -2.38. The fourth-order valence-electron chi connectivity index (χ4n) is 2.94. The highest BCUT2D eigenvalue weighted by molar-refractivity contribution is 5.89. The molecule has 1 aliphatic rings. The molecule has 1 fully saturated rings. The standard InChI is InChI=1S/C16H23NO2/c1-4-19-15(18)12-7-5-11(6-8-12)14(17)13-9-16(2,3)10-13/h5-8,13-14H,4,9-10,17H2,1-3H3/t14-/m1/s1. The average Bonchev–Trinajstić information content (AvgIpc) is 2.35. The lowest BCUT2D eigenvalue weighted by molar-refractivity contribution is 0.0526. The van der Waals surface area contributed by atoms with E-state index in [9.17, 15) is 4.79 Å². The first-order valence-corrected chi connectivity index (χ1v) is 6.95. The van der Waals surface area contributed by atoms with Crippen LogP contribution >= 0.6 is 0 Å². The van der Waals surface area contributed by atoms with Crippen LogP contribution in [-0.4, -0.2) is 12.6 Å². The smallest absolute Gasteiger partial charge is 0.338 e. The first-order chi connectivity index (χ1) is 8.93. The van der Waals surface area contributed by atoms with Gasteiger partial charge in [-0.25, -0.2) is 4.79 Å². The van der Waals surface area contributed by atoms with Gasteiger partial charge in [-0.15, -0.1) is 0 Å². The quantitative estimate of drug-likeness (QED) is 0.846. The van der Waals surface area contributed by atoms with Crippen LogP contribution in [0.25, 0.3) is 0 Å². The lowest BCUT2D eigenvalue weighted by Gasteiger charge is -2.45. The zero-order valence-electron chi connectivity index (χ0n) is 12.0. The Morgan fingerprint density at radius 1 is 1.37 bits per heavy atom. The average molecular weight is 261 g/mol. The molecule has 0 bridgehead atoms. The van der Waals surface area contributed by atoms with E-state index in [0.29, 0.717) is 23.5 Å². The predicted molar refractivity (Wildman–Crippen MR) is 75.8 cm³/mol. The molecule has 2 N–H and O–H groups in total. The molecule has 1 aromatic rings. The van der Waals surface area contributed by atoms with E-state index >= 15 is 0 Å². The number of rotatable bonds is 4. The molecule has 0 spiro atoms. The van der Waals surface area contributed by atoms with E-state index in [0.717, 1.165) is 5.56 Å². The number of ether oxygens (including phenoxy) is 1. The molecule has 0 aliphatic heterocycles. The van der Waals surface area contributed by atoms with Crippen molar-refractivity contribution in [1.82, 2.24) is 0 Å². The van der Waals surface area contributed by atoms with Gasteiger partial charge < -0.3 is 10.5 Å². The van der Waals surface area contributed by atoms with Crippen molar-refractivity contribution < 1.29 is 9.53 Å². The molecule has 1 aromatic carbocycles. The van der Waals surface area contributed by atoms with Gasteiger partial charge in [0, 0.05) is 6.04 Å². The molecule has 1 atom stereocenters. The molecule has 0 amide bonds. The van der Waals surface area contributed by atoms with Crippen molar-refractivity contribution in [3.05, 3.63) is 35.4 Å². The Morgan fingerprint density at radius 3 is 2.42 bits per heavy atom. The highest BCUT2D eigenvalue weighted by atomic mass is 16.5. The summed E-state index contributed by atoms with van der Waals surface area (Å²) in [7, 11) is 0. The van der Waals surface area contributed by atoms with E-state index < -0.39 is 0 Å². The Bertz CT molecular complexity index is 442. The van der Waals surface area contributed by atoms with E-state index in [-0.39, 0.29) is 12.0 Å². The maximum absolute atomic E-state index is 11.6. The van der Waals surface area contributed by atoms with Gasteiger partial charge in [-0.05, 0) is 48.8 Å². The summed E-state index contributed by atoms with van der Waals surface area (Å²) in [5, 5.41) is 0. The summed E-state index contributed by atoms with van der Waals surface area (Å²) in [5.74, 6) is 0.288. The van der Waals surface area contributed by atoms with Crippen LogP contribution in [0.2, 0.25) is 0 Å². The zero-order chi connectivity index (χ0) is 14.0. The number of hydrogen-bond acceptors (Lipinski definition) is 3. The topological polar surface area (TPSA) is 52.3 Å². The van der Waals surface area contributed by atoms with Crippen LogP contribution < -0.4 is 5.73 Å². The molecule has 0 unspecified atom stereocenters. The van der Waals surface area contributed by atoms with Crippen LogP contribution in [0.4, 0.5) is 0 Å². The van der Waals surface area contributed by atoms with E-state index in [1.807, 2.05) is 12.1 Å². The summed E-state index contributed by atoms with van der Waals surface area (Å²) in [4.78, 5) is 11.6. The van der Waals surface area contributed by atoms with Crippen molar-refractivity contribution >= 4 is 5.97 Å². The Kier molecular flexibility index (Phi) is 3.95. The van der Waals surface area contributed by atoms with Crippen molar-refractivity contribution in [2.45, 2.75) is 39.7 Å². The fourth-order valence-corrected chi connectivity index (χ4v) is 2.94. The summed E-state index contributed by atoms with van der Waals surface area (Å²) in [6.45, 7) is 6.76. The monoisotopic (exact) mass is 261 g/mol. The molecule has 0 aromatic heterocycles. The van der Waals surface area contributed by atoms with Crippen LogP contribution in [0.15, 0.2) is 24.3 Å². The van der Waals surface area contributed by atoms with Crippen molar-refractivity contribution in [2.75, 3.05) is 6.61 Å². The number of carbonyl (C=O) groups excluding carboxylic acids is 1. The van der Waals surface area contributed by atoms with Crippen LogP contribution in [0.1, 0.15) is 55.6 Å². The van der Waals surface area contributed by atoms with Gasteiger partial charge in [-0.3, -0.25) is 0 Å². The van der Waals surface area contributed by atoms with Gasteiger partial charge >= 0.3 is 5.97 Å². The minimum absolute atomic E-state index is 0.0734. The van der Waals surface area contributed by atoms with E-state index in [4.69, 9.17) is 10.5 Å². The molecule has 19 heavy (non-hydrogen) atoms. The number of hydrogen-bond donors (Lipinski definition) is 1. The summed E-state index contributed by atoms with van der Waals surface area (Å²) >= 11 is 0. The first-order valence-electron chi connectivity index (χ1n) is 6.95. The van der Waals surface area contributed by atoms with Crippen molar-refractivity contribution in [3.63, 3.8) is 0 Å². The van der Waals surface area contributed by atoms with E-state index in [1.165, 1.54) is 12.8 Å².